The maximum atomic E-state index is 13.2. The average molecular weight is 361 g/mol. The van der Waals surface area contributed by atoms with Crippen LogP contribution in [0, 0.1) is 5.82 Å². The lowest BCUT2D eigenvalue weighted by molar-refractivity contribution is 0.134. The number of methoxy groups -OCH3 is 1. The van der Waals surface area contributed by atoms with Crippen molar-refractivity contribution in [3.8, 4) is 5.69 Å². The van der Waals surface area contributed by atoms with Crippen LogP contribution in [0.25, 0.3) is 16.6 Å². The standard InChI is InChI=1S/C19H18ClFN2O2/c1-22(19(24)25-2)10-9-13-12-23(16-6-4-15(21)5-7-16)18-11-14(20)3-8-17(13)18/h3-8,11-12H,9-10H2,1-2H3. The Kier molecular flexibility index (Phi) is 4.95. The van der Waals surface area contributed by atoms with Crippen LogP contribution in [0.3, 0.4) is 0 Å². The number of hydrogen-bond donors (Lipinski definition) is 0. The number of benzene rings is 2. The van der Waals surface area contributed by atoms with Gasteiger partial charge in [0.25, 0.3) is 0 Å². The van der Waals surface area contributed by atoms with Gasteiger partial charge >= 0.3 is 6.09 Å². The van der Waals surface area contributed by atoms with Gasteiger partial charge in [-0.2, -0.15) is 0 Å². The van der Waals surface area contributed by atoms with Crippen LogP contribution < -0.4 is 0 Å². The molecule has 0 N–H and O–H groups in total. The van der Waals surface area contributed by atoms with E-state index >= 15 is 0 Å². The Morgan fingerprint density at radius 2 is 1.96 bits per heavy atom. The number of halogens is 2. The van der Waals surface area contributed by atoms with Crippen molar-refractivity contribution in [1.29, 1.82) is 0 Å². The minimum absolute atomic E-state index is 0.279. The Balaban J connectivity index is 1.99. The number of hydrogen-bond acceptors (Lipinski definition) is 2. The van der Waals surface area contributed by atoms with Crippen molar-refractivity contribution in [2.75, 3.05) is 20.7 Å². The number of nitrogens with zero attached hydrogens (tertiary/aromatic N) is 2. The molecule has 0 radical (unpaired) electrons. The maximum Gasteiger partial charge on any atom is 0.409 e. The first kappa shape index (κ1) is 17.3. The third-order valence-corrected chi connectivity index (χ3v) is 4.39. The first-order valence-electron chi connectivity index (χ1n) is 7.84. The van der Waals surface area contributed by atoms with Crippen LogP contribution >= 0.6 is 11.6 Å². The number of fused-ring (bicyclic) bond motifs is 1. The summed E-state index contributed by atoms with van der Waals surface area (Å²) in [6.07, 6.45) is 2.29. The molecule has 3 rings (SSSR count). The molecule has 25 heavy (non-hydrogen) atoms. The van der Waals surface area contributed by atoms with E-state index in [1.165, 1.54) is 24.1 Å². The van der Waals surface area contributed by atoms with Gasteiger partial charge in [0.2, 0.25) is 0 Å². The third kappa shape index (κ3) is 3.61. The number of aromatic nitrogens is 1. The molecule has 0 saturated carbocycles. The minimum atomic E-state index is -0.370. The van der Waals surface area contributed by atoms with Crippen LogP contribution in [-0.4, -0.2) is 36.3 Å². The summed E-state index contributed by atoms with van der Waals surface area (Å²) in [6.45, 7) is 0.526. The summed E-state index contributed by atoms with van der Waals surface area (Å²) in [5, 5.41) is 1.68. The van der Waals surface area contributed by atoms with Crippen LogP contribution in [0.5, 0.6) is 0 Å². The van der Waals surface area contributed by atoms with Gasteiger partial charge < -0.3 is 14.2 Å². The van der Waals surface area contributed by atoms with E-state index in [1.807, 2.05) is 29.0 Å². The fraction of sp³-hybridized carbons (Fsp3) is 0.211. The Bertz CT molecular complexity index is 906. The monoisotopic (exact) mass is 360 g/mol. The number of ether oxygens (including phenoxy) is 1. The topological polar surface area (TPSA) is 34.5 Å². The van der Waals surface area contributed by atoms with E-state index in [9.17, 15) is 9.18 Å². The lowest BCUT2D eigenvalue weighted by Gasteiger charge is -2.14. The molecule has 0 aliphatic rings. The Morgan fingerprint density at radius 1 is 1.24 bits per heavy atom. The highest BCUT2D eigenvalue weighted by Crippen LogP contribution is 2.28. The second kappa shape index (κ2) is 7.15. The summed E-state index contributed by atoms with van der Waals surface area (Å²) >= 11 is 6.16. The molecule has 0 spiro atoms. The smallest absolute Gasteiger partial charge is 0.409 e. The van der Waals surface area contributed by atoms with E-state index < -0.39 is 0 Å². The molecule has 2 aromatic carbocycles. The molecule has 0 unspecified atom stereocenters. The quantitative estimate of drug-likeness (QED) is 0.678. The van der Waals surface area contributed by atoms with Gasteiger partial charge in [0.15, 0.2) is 0 Å². The van der Waals surface area contributed by atoms with E-state index in [4.69, 9.17) is 16.3 Å². The van der Waals surface area contributed by atoms with Gasteiger partial charge in [0.1, 0.15) is 5.82 Å². The molecule has 130 valence electrons. The molecule has 0 bridgehead atoms. The van der Waals surface area contributed by atoms with Crippen LogP contribution in [0.15, 0.2) is 48.7 Å². The number of carbonyl (C=O) groups is 1. The highest BCUT2D eigenvalue weighted by Gasteiger charge is 2.13. The van der Waals surface area contributed by atoms with Crippen molar-refractivity contribution < 1.29 is 13.9 Å². The van der Waals surface area contributed by atoms with Gasteiger partial charge in [0, 0.05) is 35.9 Å². The highest BCUT2D eigenvalue weighted by molar-refractivity contribution is 6.31. The fourth-order valence-electron chi connectivity index (χ4n) is 2.82. The van der Waals surface area contributed by atoms with Crippen LogP contribution in [0.4, 0.5) is 9.18 Å². The molecule has 0 aliphatic heterocycles. The summed E-state index contributed by atoms with van der Waals surface area (Å²) < 4.78 is 19.9. The van der Waals surface area contributed by atoms with E-state index in [0.29, 0.717) is 18.0 Å². The first-order chi connectivity index (χ1) is 12.0. The molecule has 0 atom stereocenters. The van der Waals surface area contributed by atoms with Crippen molar-refractivity contribution in [3.05, 3.63) is 65.1 Å². The molecule has 1 heterocycles. The summed E-state index contributed by atoms with van der Waals surface area (Å²) in [4.78, 5) is 13.1. The normalized spacial score (nSPS) is 10.9. The largest absolute Gasteiger partial charge is 0.453 e. The molecule has 1 aromatic heterocycles. The molecule has 0 saturated heterocycles. The summed E-state index contributed by atoms with van der Waals surface area (Å²) in [6, 6.07) is 12.0. The predicted octanol–water partition coefficient (Wildman–Crippen LogP) is 4.66. The lowest BCUT2D eigenvalue weighted by atomic mass is 10.1. The fourth-order valence-corrected chi connectivity index (χ4v) is 2.99. The average Bonchev–Trinajstić information content (AvgIpc) is 2.97. The van der Waals surface area contributed by atoms with E-state index in [2.05, 4.69) is 0 Å². The lowest BCUT2D eigenvalue weighted by Crippen LogP contribution is -2.28. The van der Waals surface area contributed by atoms with Crippen LogP contribution in [0.1, 0.15) is 5.56 Å². The zero-order valence-corrected chi connectivity index (χ0v) is 14.8. The third-order valence-electron chi connectivity index (χ3n) is 4.16. The first-order valence-corrected chi connectivity index (χ1v) is 8.22. The second-order valence-corrected chi connectivity index (χ2v) is 6.24. The molecular weight excluding hydrogens is 343 g/mol. The Hall–Kier alpha value is -2.53. The Labute approximate surface area is 150 Å². The van der Waals surface area contributed by atoms with Gasteiger partial charge in [-0.3, -0.25) is 0 Å². The second-order valence-electron chi connectivity index (χ2n) is 5.80. The predicted molar refractivity (Wildman–Crippen MR) is 97.0 cm³/mol. The Morgan fingerprint density at radius 3 is 2.64 bits per heavy atom. The van der Waals surface area contributed by atoms with Gasteiger partial charge in [-0.05, 0) is 48.4 Å². The van der Waals surface area contributed by atoms with Gasteiger partial charge in [-0.25, -0.2) is 9.18 Å². The summed E-state index contributed by atoms with van der Waals surface area (Å²) in [5.74, 6) is -0.279. The number of rotatable bonds is 4. The van der Waals surface area contributed by atoms with E-state index in [0.717, 1.165) is 22.2 Å². The highest BCUT2D eigenvalue weighted by atomic mass is 35.5. The van der Waals surface area contributed by atoms with Crippen molar-refractivity contribution in [2.45, 2.75) is 6.42 Å². The molecule has 0 fully saturated rings. The number of amides is 1. The maximum absolute atomic E-state index is 13.2. The molecule has 3 aromatic rings. The molecule has 1 amide bonds. The van der Waals surface area contributed by atoms with Gasteiger partial charge in [-0.1, -0.05) is 17.7 Å². The van der Waals surface area contributed by atoms with Gasteiger partial charge in [-0.15, -0.1) is 0 Å². The van der Waals surface area contributed by atoms with E-state index in [1.54, 1.807) is 19.2 Å². The number of likely N-dealkylation sites (N-methyl/N-ethyl adjacent to an activating group) is 1. The van der Waals surface area contributed by atoms with Crippen molar-refractivity contribution in [1.82, 2.24) is 9.47 Å². The molecule has 0 aliphatic carbocycles. The SMILES string of the molecule is COC(=O)N(C)CCc1cn(-c2ccc(F)cc2)c2cc(Cl)ccc12. The minimum Gasteiger partial charge on any atom is -0.453 e. The number of carbonyl (C=O) groups excluding carboxylic acids is 1. The molecular formula is C19H18ClFN2O2. The summed E-state index contributed by atoms with van der Waals surface area (Å²) in [5.41, 5.74) is 2.86. The molecule has 6 heteroatoms. The zero-order valence-electron chi connectivity index (χ0n) is 14.0. The van der Waals surface area contributed by atoms with Crippen LogP contribution in [0.2, 0.25) is 5.02 Å². The van der Waals surface area contributed by atoms with Crippen LogP contribution in [-0.2, 0) is 11.2 Å². The van der Waals surface area contributed by atoms with Gasteiger partial charge in [0.05, 0.1) is 12.6 Å². The van der Waals surface area contributed by atoms with Crippen molar-refractivity contribution in [3.63, 3.8) is 0 Å². The molecule has 4 nitrogen and oxygen atoms in total. The zero-order chi connectivity index (χ0) is 18.0. The van der Waals surface area contributed by atoms with Crippen molar-refractivity contribution in [2.24, 2.45) is 0 Å². The summed E-state index contributed by atoms with van der Waals surface area (Å²) in [7, 11) is 3.06. The van der Waals surface area contributed by atoms with E-state index in [-0.39, 0.29) is 11.9 Å². The van der Waals surface area contributed by atoms with Crippen molar-refractivity contribution >= 4 is 28.6 Å².